The number of hydrogen-bond donors (Lipinski definition) is 2. The van der Waals surface area contributed by atoms with Gasteiger partial charge in [-0.15, -0.1) is 11.3 Å². The minimum Gasteiger partial charge on any atom is -0.315 e. The number of halogens is 3. The van der Waals surface area contributed by atoms with Crippen molar-refractivity contribution in [2.75, 3.05) is 20.1 Å². The molecule has 0 bridgehead atoms. The van der Waals surface area contributed by atoms with Gasteiger partial charge in [0.1, 0.15) is 5.69 Å². The number of pyridine rings is 2. The van der Waals surface area contributed by atoms with Gasteiger partial charge < -0.3 is 10.6 Å². The normalized spacial score (nSPS) is 18.4. The number of nitrogens with zero attached hydrogens (tertiary/aromatic N) is 3. The van der Waals surface area contributed by atoms with Crippen LogP contribution in [0.25, 0.3) is 21.5 Å². The van der Waals surface area contributed by atoms with Gasteiger partial charge in [0.05, 0.1) is 27.9 Å². The Kier molecular flexibility index (Phi) is 8.16. The summed E-state index contributed by atoms with van der Waals surface area (Å²) in [4.78, 5) is 36.3. The first-order chi connectivity index (χ1) is 18.3. The fraction of sp³-hybridized carbons (Fsp3) is 0.500. The zero-order valence-electron chi connectivity index (χ0n) is 23.0. The summed E-state index contributed by atoms with van der Waals surface area (Å²) in [6, 6.07) is 4.56. The van der Waals surface area contributed by atoms with Gasteiger partial charge >= 0.3 is 6.18 Å². The van der Waals surface area contributed by atoms with E-state index < -0.39 is 23.2 Å². The molecular formula is C28H34F3N5O2S. The van der Waals surface area contributed by atoms with Gasteiger partial charge in [-0.05, 0) is 56.3 Å². The Balaban J connectivity index is 1.81. The van der Waals surface area contributed by atoms with E-state index >= 15 is 0 Å². The highest BCUT2D eigenvalue weighted by molar-refractivity contribution is 7.19. The minimum atomic E-state index is -4.60. The van der Waals surface area contributed by atoms with Gasteiger partial charge in [0, 0.05) is 35.1 Å². The van der Waals surface area contributed by atoms with Crippen LogP contribution in [0, 0.1) is 18.3 Å². The lowest BCUT2D eigenvalue weighted by atomic mass is 9.82. The molecule has 0 aliphatic carbocycles. The van der Waals surface area contributed by atoms with Crippen LogP contribution in [0.3, 0.4) is 0 Å². The SMILES string of the molecule is CCNCC(Cc1c(C)cc(C(F)(F)F)nc1-c1ccnc2cc(CN3C(=O)C(C)C(C)(C)C3=O)sc12)NC. The number of amides is 2. The average Bonchev–Trinajstić information content (AvgIpc) is 3.36. The molecule has 1 aliphatic rings. The van der Waals surface area contributed by atoms with Crippen LogP contribution in [-0.4, -0.2) is 52.9 Å². The lowest BCUT2D eigenvalue weighted by Gasteiger charge is -2.21. The van der Waals surface area contributed by atoms with Crippen LogP contribution < -0.4 is 10.6 Å². The van der Waals surface area contributed by atoms with Gasteiger partial charge in [0.15, 0.2) is 0 Å². The molecule has 0 spiro atoms. The second-order valence-corrected chi connectivity index (χ2v) is 11.7. The fourth-order valence-corrected chi connectivity index (χ4v) is 6.02. The topological polar surface area (TPSA) is 87.2 Å². The Labute approximate surface area is 230 Å². The largest absolute Gasteiger partial charge is 0.433 e. The zero-order valence-corrected chi connectivity index (χ0v) is 23.8. The van der Waals surface area contributed by atoms with E-state index in [-0.39, 0.29) is 30.1 Å². The number of carbonyl (C=O) groups excluding carboxylic acids is 2. The van der Waals surface area contributed by atoms with Crippen molar-refractivity contribution in [2.45, 2.75) is 59.8 Å². The molecule has 39 heavy (non-hydrogen) atoms. The number of alkyl halides is 3. The van der Waals surface area contributed by atoms with Crippen molar-refractivity contribution in [3.63, 3.8) is 0 Å². The lowest BCUT2D eigenvalue weighted by molar-refractivity contribution is -0.142. The summed E-state index contributed by atoms with van der Waals surface area (Å²) in [5.41, 5.74) is 0.896. The van der Waals surface area contributed by atoms with Crippen LogP contribution in [0.1, 0.15) is 49.4 Å². The Bertz CT molecular complexity index is 1400. The summed E-state index contributed by atoms with van der Waals surface area (Å²) in [7, 11) is 1.83. The number of fused-ring (bicyclic) bond motifs is 1. The van der Waals surface area contributed by atoms with E-state index in [0.29, 0.717) is 34.3 Å². The molecule has 11 heteroatoms. The molecule has 1 fully saturated rings. The van der Waals surface area contributed by atoms with E-state index in [1.54, 1.807) is 46.0 Å². The molecule has 2 atom stereocenters. The van der Waals surface area contributed by atoms with Crippen molar-refractivity contribution in [3.8, 4) is 11.3 Å². The molecule has 2 N–H and O–H groups in total. The molecule has 0 aromatic carbocycles. The number of aryl methyl sites for hydroxylation is 1. The molecule has 7 nitrogen and oxygen atoms in total. The van der Waals surface area contributed by atoms with Crippen LogP contribution in [0.5, 0.6) is 0 Å². The maximum absolute atomic E-state index is 13.8. The Morgan fingerprint density at radius 1 is 1.23 bits per heavy atom. The van der Waals surface area contributed by atoms with Crippen LogP contribution in [0.2, 0.25) is 0 Å². The highest BCUT2D eigenvalue weighted by Crippen LogP contribution is 2.41. The van der Waals surface area contributed by atoms with E-state index in [1.807, 2.05) is 14.0 Å². The van der Waals surface area contributed by atoms with Crippen LogP contribution >= 0.6 is 11.3 Å². The third-order valence-corrected chi connectivity index (χ3v) is 8.83. The molecule has 2 unspecified atom stereocenters. The first-order valence-corrected chi connectivity index (χ1v) is 13.8. The van der Waals surface area contributed by atoms with E-state index in [2.05, 4.69) is 20.6 Å². The predicted molar refractivity (Wildman–Crippen MR) is 146 cm³/mol. The van der Waals surface area contributed by atoms with Gasteiger partial charge in [-0.2, -0.15) is 13.2 Å². The lowest BCUT2D eigenvalue weighted by Crippen LogP contribution is -2.38. The third-order valence-electron chi connectivity index (χ3n) is 7.68. The van der Waals surface area contributed by atoms with Gasteiger partial charge in [-0.3, -0.25) is 19.5 Å². The summed E-state index contributed by atoms with van der Waals surface area (Å²) in [5.74, 6) is -0.899. The highest BCUT2D eigenvalue weighted by Gasteiger charge is 2.51. The predicted octanol–water partition coefficient (Wildman–Crippen LogP) is 4.96. The van der Waals surface area contributed by atoms with Crippen molar-refractivity contribution in [1.82, 2.24) is 25.5 Å². The summed E-state index contributed by atoms with van der Waals surface area (Å²) in [6.07, 6.45) is -2.57. The Morgan fingerprint density at radius 3 is 2.54 bits per heavy atom. The van der Waals surface area contributed by atoms with Crippen molar-refractivity contribution in [1.29, 1.82) is 0 Å². The van der Waals surface area contributed by atoms with Gasteiger partial charge in [-0.25, -0.2) is 4.98 Å². The molecule has 1 aliphatic heterocycles. The van der Waals surface area contributed by atoms with E-state index in [4.69, 9.17) is 0 Å². The molecule has 210 valence electrons. The van der Waals surface area contributed by atoms with Crippen LogP contribution in [0.15, 0.2) is 24.4 Å². The number of rotatable bonds is 9. The first-order valence-electron chi connectivity index (χ1n) is 13.0. The maximum atomic E-state index is 13.8. The number of hydrogen-bond acceptors (Lipinski definition) is 7. The second kappa shape index (κ2) is 10.9. The Morgan fingerprint density at radius 2 is 1.95 bits per heavy atom. The van der Waals surface area contributed by atoms with E-state index in [9.17, 15) is 22.8 Å². The molecule has 4 rings (SSSR count). The highest BCUT2D eigenvalue weighted by atomic mass is 32.1. The summed E-state index contributed by atoms with van der Waals surface area (Å²) < 4.78 is 42.2. The molecule has 2 amide bonds. The van der Waals surface area contributed by atoms with Crippen molar-refractivity contribution in [2.24, 2.45) is 11.3 Å². The third kappa shape index (κ3) is 5.57. The molecule has 0 saturated carbocycles. The van der Waals surface area contributed by atoms with Crippen molar-refractivity contribution < 1.29 is 22.8 Å². The van der Waals surface area contributed by atoms with Crippen molar-refractivity contribution in [3.05, 3.63) is 46.1 Å². The number of aromatic nitrogens is 2. The van der Waals surface area contributed by atoms with Crippen LogP contribution in [-0.2, 0) is 28.7 Å². The summed E-state index contributed by atoms with van der Waals surface area (Å²) >= 11 is 1.32. The molecule has 3 aromatic rings. The number of carbonyl (C=O) groups is 2. The van der Waals surface area contributed by atoms with Crippen molar-refractivity contribution >= 4 is 33.4 Å². The number of thiophene rings is 1. The van der Waals surface area contributed by atoms with E-state index in [0.717, 1.165) is 23.1 Å². The quantitative estimate of drug-likeness (QED) is 0.360. The zero-order chi connectivity index (χ0) is 28.7. The molecule has 0 radical (unpaired) electrons. The smallest absolute Gasteiger partial charge is 0.315 e. The average molecular weight is 562 g/mol. The molecule has 4 heterocycles. The molecule has 1 saturated heterocycles. The molecular weight excluding hydrogens is 527 g/mol. The number of likely N-dealkylation sites (tertiary alicyclic amines) is 1. The number of nitrogens with one attached hydrogen (secondary N) is 2. The van der Waals surface area contributed by atoms with Gasteiger partial charge in [0.25, 0.3) is 0 Å². The molecule has 3 aromatic heterocycles. The first kappa shape index (κ1) is 29.1. The monoisotopic (exact) mass is 561 g/mol. The Hall–Kier alpha value is -2.89. The second-order valence-electron chi connectivity index (χ2n) is 10.6. The van der Waals surface area contributed by atoms with E-state index in [1.165, 1.54) is 16.2 Å². The number of imide groups is 1. The van der Waals surface area contributed by atoms with Gasteiger partial charge in [-0.1, -0.05) is 27.7 Å². The minimum absolute atomic E-state index is 0.0188. The summed E-state index contributed by atoms with van der Waals surface area (Å²) in [6.45, 7) is 10.5. The van der Waals surface area contributed by atoms with Crippen LogP contribution in [0.4, 0.5) is 13.2 Å². The number of likely N-dealkylation sites (N-methyl/N-ethyl adjacent to an activating group) is 2. The summed E-state index contributed by atoms with van der Waals surface area (Å²) in [5, 5.41) is 6.53. The van der Waals surface area contributed by atoms with Gasteiger partial charge in [0.2, 0.25) is 11.8 Å². The maximum Gasteiger partial charge on any atom is 0.433 e. The standard InChI is InChI=1S/C28H34F3N5O2S/c1-7-33-13-17(32-6)11-20-15(2)10-22(28(29,30)31)35-23(20)19-8-9-34-21-12-18(39-24(19)21)14-36-25(37)16(3)27(4,5)26(36)38/h8-10,12,16-17,32-33H,7,11,13-14H2,1-6H3. The fourth-order valence-electron chi connectivity index (χ4n) is 4.90.